The molecule has 3 aromatic carbocycles. The van der Waals surface area contributed by atoms with Crippen molar-refractivity contribution in [1.82, 2.24) is 9.55 Å². The van der Waals surface area contributed by atoms with Crippen LogP contribution in [0.25, 0.3) is 11.0 Å². The topological polar surface area (TPSA) is 92.1 Å². The predicted octanol–water partition coefficient (Wildman–Crippen LogP) is 4.38. The molecule has 9 nitrogen and oxygen atoms in total. The van der Waals surface area contributed by atoms with E-state index in [4.69, 9.17) is 23.9 Å². The van der Waals surface area contributed by atoms with Crippen LogP contribution < -0.4 is 19.1 Å². The van der Waals surface area contributed by atoms with Gasteiger partial charge in [0.2, 0.25) is 17.6 Å². The van der Waals surface area contributed by atoms with Crippen LogP contribution in [0.1, 0.15) is 24.1 Å². The summed E-state index contributed by atoms with van der Waals surface area (Å²) in [6.07, 6.45) is 0. The van der Waals surface area contributed by atoms with Crippen LogP contribution in [0.4, 0.5) is 5.95 Å². The van der Waals surface area contributed by atoms with Crippen molar-refractivity contribution in [2.45, 2.75) is 19.5 Å². The monoisotopic (exact) mass is 515 g/mol. The Morgan fingerprint density at radius 3 is 2.29 bits per heavy atom. The summed E-state index contributed by atoms with van der Waals surface area (Å²) in [6.45, 7) is 2.10. The highest BCUT2D eigenvalue weighted by Gasteiger charge is 2.49. The van der Waals surface area contributed by atoms with Crippen LogP contribution in [0.2, 0.25) is 0 Å². The number of hydrogen-bond acceptors (Lipinski definition) is 7. The average molecular weight is 516 g/mol. The molecule has 0 fully saturated rings. The van der Waals surface area contributed by atoms with Gasteiger partial charge in [0, 0.05) is 5.56 Å². The Bertz CT molecular complexity index is 1480. The standard InChI is InChI=1S/C29H29N3O6/c1-5-38-28(34)23-24(19-15-16-22(35-2)26(37-4)25(19)36-3)32-21-14-10-9-13-20(21)30-29(32)31(27(23)33)17-18-11-7-6-8-12-18/h6-16,23-24H,5,17H2,1-4H3/t23-,24-/m1/s1. The van der Waals surface area contributed by atoms with E-state index >= 15 is 0 Å². The van der Waals surface area contributed by atoms with Gasteiger partial charge in [-0.2, -0.15) is 0 Å². The van der Waals surface area contributed by atoms with Gasteiger partial charge in [-0.1, -0.05) is 42.5 Å². The van der Waals surface area contributed by atoms with Crippen LogP contribution in [-0.2, 0) is 20.9 Å². The molecule has 5 rings (SSSR count). The van der Waals surface area contributed by atoms with Gasteiger partial charge in [-0.25, -0.2) is 4.98 Å². The van der Waals surface area contributed by atoms with Crippen molar-refractivity contribution in [1.29, 1.82) is 0 Å². The molecule has 0 radical (unpaired) electrons. The molecular weight excluding hydrogens is 486 g/mol. The fourth-order valence-corrected chi connectivity index (χ4v) is 5.10. The minimum Gasteiger partial charge on any atom is -0.493 e. The molecule has 1 aliphatic rings. The average Bonchev–Trinajstić information content (AvgIpc) is 3.33. The summed E-state index contributed by atoms with van der Waals surface area (Å²) in [4.78, 5) is 34.2. The number of amides is 1. The van der Waals surface area contributed by atoms with Gasteiger partial charge in [-0.3, -0.25) is 14.5 Å². The first-order chi connectivity index (χ1) is 18.5. The Hall–Kier alpha value is -4.53. The van der Waals surface area contributed by atoms with E-state index in [9.17, 15) is 9.59 Å². The molecule has 4 aromatic rings. The second-order valence-electron chi connectivity index (χ2n) is 8.78. The number of hydrogen-bond donors (Lipinski definition) is 0. The molecule has 0 aliphatic carbocycles. The molecule has 0 spiro atoms. The zero-order valence-corrected chi connectivity index (χ0v) is 21.7. The van der Waals surface area contributed by atoms with E-state index in [1.54, 1.807) is 24.0 Å². The van der Waals surface area contributed by atoms with Crippen molar-refractivity contribution < 1.29 is 28.5 Å². The van der Waals surface area contributed by atoms with Gasteiger partial charge in [-0.15, -0.1) is 0 Å². The molecule has 0 bridgehead atoms. The summed E-state index contributed by atoms with van der Waals surface area (Å²) in [5.41, 5.74) is 2.94. The smallest absolute Gasteiger partial charge is 0.321 e. The number of anilines is 1. The summed E-state index contributed by atoms with van der Waals surface area (Å²) in [5, 5.41) is 0. The van der Waals surface area contributed by atoms with Crippen molar-refractivity contribution in [2.24, 2.45) is 5.92 Å². The highest BCUT2D eigenvalue weighted by Crippen LogP contribution is 2.49. The molecule has 1 amide bonds. The van der Waals surface area contributed by atoms with Gasteiger partial charge < -0.3 is 23.5 Å². The number of benzene rings is 3. The van der Waals surface area contributed by atoms with Crippen LogP contribution in [0.5, 0.6) is 17.2 Å². The first kappa shape index (κ1) is 25.1. The summed E-state index contributed by atoms with van der Waals surface area (Å²) >= 11 is 0. The number of carbonyl (C=O) groups excluding carboxylic acids is 2. The Balaban J connectivity index is 1.81. The van der Waals surface area contributed by atoms with Gasteiger partial charge in [0.1, 0.15) is 0 Å². The maximum absolute atomic E-state index is 14.2. The first-order valence-corrected chi connectivity index (χ1v) is 12.3. The number of rotatable bonds is 8. The number of carbonyl (C=O) groups is 2. The molecule has 0 N–H and O–H groups in total. The fourth-order valence-electron chi connectivity index (χ4n) is 5.10. The summed E-state index contributed by atoms with van der Waals surface area (Å²) in [6, 6.07) is 19.9. The van der Waals surface area contributed by atoms with E-state index in [1.807, 2.05) is 59.2 Å². The number of methoxy groups -OCH3 is 3. The molecule has 9 heteroatoms. The number of esters is 1. The lowest BCUT2D eigenvalue weighted by atomic mass is 9.88. The van der Waals surface area contributed by atoms with E-state index in [2.05, 4.69) is 0 Å². The molecule has 2 atom stereocenters. The number of fused-ring (bicyclic) bond motifs is 3. The molecular formula is C29H29N3O6. The number of aromatic nitrogens is 2. The number of nitrogens with zero attached hydrogens (tertiary/aromatic N) is 3. The maximum Gasteiger partial charge on any atom is 0.321 e. The third kappa shape index (κ3) is 4.09. The lowest BCUT2D eigenvalue weighted by Gasteiger charge is -2.38. The maximum atomic E-state index is 14.2. The van der Waals surface area contributed by atoms with E-state index in [0.717, 1.165) is 11.1 Å². The number of ether oxygens (including phenoxy) is 4. The first-order valence-electron chi connectivity index (χ1n) is 12.3. The normalized spacial score (nSPS) is 16.7. The summed E-state index contributed by atoms with van der Waals surface area (Å²) < 4.78 is 24.3. The number of para-hydroxylation sites is 2. The zero-order valence-electron chi connectivity index (χ0n) is 21.7. The fraction of sp³-hybridized carbons (Fsp3) is 0.276. The van der Waals surface area contributed by atoms with Crippen molar-refractivity contribution in [3.8, 4) is 17.2 Å². The van der Waals surface area contributed by atoms with Crippen LogP contribution in [0, 0.1) is 5.92 Å². The van der Waals surface area contributed by atoms with Gasteiger partial charge in [0.15, 0.2) is 17.4 Å². The molecule has 0 saturated heterocycles. The molecule has 1 aromatic heterocycles. The van der Waals surface area contributed by atoms with Gasteiger partial charge in [0.25, 0.3) is 0 Å². The summed E-state index contributed by atoms with van der Waals surface area (Å²) in [5.74, 6) is -0.611. The largest absolute Gasteiger partial charge is 0.493 e. The lowest BCUT2D eigenvalue weighted by molar-refractivity contribution is -0.153. The van der Waals surface area contributed by atoms with Gasteiger partial charge in [0.05, 0.1) is 51.6 Å². The molecule has 0 saturated carbocycles. The zero-order chi connectivity index (χ0) is 26.8. The van der Waals surface area contributed by atoms with Crippen molar-refractivity contribution in [2.75, 3.05) is 32.8 Å². The van der Waals surface area contributed by atoms with E-state index in [-0.39, 0.29) is 13.2 Å². The SMILES string of the molecule is CCOC(=O)[C@H]1C(=O)N(Cc2ccccc2)c2nc3ccccc3n2[C@@H]1c1ccc(OC)c(OC)c1OC. The second-order valence-corrected chi connectivity index (χ2v) is 8.78. The van der Waals surface area contributed by atoms with Crippen molar-refractivity contribution in [3.05, 3.63) is 77.9 Å². The molecule has 1 aliphatic heterocycles. The Morgan fingerprint density at radius 1 is 0.895 bits per heavy atom. The molecule has 0 unspecified atom stereocenters. The molecule has 38 heavy (non-hydrogen) atoms. The molecule has 2 heterocycles. The van der Waals surface area contributed by atoms with Crippen LogP contribution in [0.15, 0.2) is 66.7 Å². The highest BCUT2D eigenvalue weighted by molar-refractivity contribution is 6.08. The minimum absolute atomic E-state index is 0.134. The lowest BCUT2D eigenvalue weighted by Crippen LogP contribution is -2.49. The van der Waals surface area contributed by atoms with E-state index in [1.165, 1.54) is 21.3 Å². The van der Waals surface area contributed by atoms with Crippen LogP contribution >= 0.6 is 0 Å². The number of imidazole rings is 1. The minimum atomic E-state index is -1.20. The van der Waals surface area contributed by atoms with Gasteiger partial charge >= 0.3 is 5.97 Å². The third-order valence-corrected chi connectivity index (χ3v) is 6.72. The third-order valence-electron chi connectivity index (χ3n) is 6.72. The van der Waals surface area contributed by atoms with Gasteiger partial charge in [-0.05, 0) is 36.8 Å². The summed E-state index contributed by atoms with van der Waals surface area (Å²) in [7, 11) is 4.56. The quantitative estimate of drug-likeness (QED) is 0.254. The van der Waals surface area contributed by atoms with E-state index < -0.39 is 23.8 Å². The highest BCUT2D eigenvalue weighted by atomic mass is 16.5. The van der Waals surface area contributed by atoms with Crippen molar-refractivity contribution >= 4 is 28.9 Å². The van der Waals surface area contributed by atoms with Crippen LogP contribution in [0.3, 0.4) is 0 Å². The Morgan fingerprint density at radius 2 is 1.61 bits per heavy atom. The van der Waals surface area contributed by atoms with Crippen LogP contribution in [-0.4, -0.2) is 49.4 Å². The second kappa shape index (κ2) is 10.5. The Labute approximate surface area is 220 Å². The Kier molecular flexibility index (Phi) is 6.91. The van der Waals surface area contributed by atoms with E-state index in [0.29, 0.717) is 34.3 Å². The predicted molar refractivity (Wildman–Crippen MR) is 142 cm³/mol. The van der Waals surface area contributed by atoms with Crippen molar-refractivity contribution in [3.63, 3.8) is 0 Å². The molecule has 196 valence electrons.